The maximum atomic E-state index is 13.4. The number of halogens is 1. The number of benzene rings is 1. The Bertz CT molecular complexity index is 1080. The Labute approximate surface area is 214 Å². The number of rotatable bonds is 8. The number of carbonyl (C=O) groups excluding carboxylic acids is 1. The maximum absolute atomic E-state index is 13.4. The summed E-state index contributed by atoms with van der Waals surface area (Å²) < 4.78 is 0.725. The number of hydrogen-bond donors (Lipinski definition) is 1. The molecule has 1 aliphatic heterocycles. The van der Waals surface area contributed by atoms with Crippen LogP contribution in [0.2, 0.25) is 5.02 Å². The van der Waals surface area contributed by atoms with Crippen molar-refractivity contribution in [2.24, 2.45) is 11.8 Å². The minimum Gasteiger partial charge on any atom is -0.396 e. The third kappa shape index (κ3) is 4.96. The lowest BCUT2D eigenvalue weighted by Gasteiger charge is -2.30. The summed E-state index contributed by atoms with van der Waals surface area (Å²) in [6.45, 7) is 0.234. The van der Waals surface area contributed by atoms with Crippen LogP contribution in [0, 0.1) is 11.8 Å². The summed E-state index contributed by atoms with van der Waals surface area (Å²) in [6.07, 6.45) is 10.8. The number of aryl methyl sites for hydroxylation is 1. The fourth-order valence-electron chi connectivity index (χ4n) is 5.53. The molecule has 1 N–H and O–H groups in total. The number of fused-ring (bicyclic) bond motifs is 2. The van der Waals surface area contributed by atoms with Gasteiger partial charge in [0.2, 0.25) is 0 Å². The Morgan fingerprint density at radius 3 is 2.67 bits per heavy atom. The third-order valence-corrected chi connectivity index (χ3v) is 9.95. The van der Waals surface area contributed by atoms with Gasteiger partial charge in [0.25, 0.3) is 5.91 Å². The molecule has 1 aromatic carbocycles. The predicted molar refractivity (Wildman–Crippen MR) is 144 cm³/mol. The van der Waals surface area contributed by atoms with E-state index in [1.54, 1.807) is 11.3 Å². The van der Waals surface area contributed by atoms with Crippen LogP contribution in [0.15, 0.2) is 35.2 Å². The first kappa shape index (κ1) is 23.6. The molecule has 1 amide bonds. The second-order valence-electron chi connectivity index (χ2n) is 9.34. The molecule has 3 aliphatic rings. The molecule has 3 unspecified atom stereocenters. The lowest BCUT2D eigenvalue weighted by Crippen LogP contribution is -2.41. The van der Waals surface area contributed by atoms with Gasteiger partial charge in [-0.1, -0.05) is 60.6 Å². The molecule has 3 nitrogen and oxygen atoms in total. The second kappa shape index (κ2) is 10.2. The summed E-state index contributed by atoms with van der Waals surface area (Å²) in [6, 6.07) is 10.5. The van der Waals surface area contributed by atoms with Gasteiger partial charge < -0.3 is 5.11 Å². The fourth-order valence-corrected chi connectivity index (χ4v) is 8.25. The number of thiocarbonyl (C=S) groups is 1. The highest BCUT2D eigenvalue weighted by atomic mass is 35.5. The van der Waals surface area contributed by atoms with Gasteiger partial charge in [0.1, 0.15) is 4.32 Å². The summed E-state index contributed by atoms with van der Waals surface area (Å²) in [7, 11) is 0. The van der Waals surface area contributed by atoms with Crippen LogP contribution in [0.1, 0.15) is 55.4 Å². The molecule has 7 heteroatoms. The highest BCUT2D eigenvalue weighted by molar-refractivity contribution is 8.26. The Hall–Kier alpha value is -1.18. The van der Waals surface area contributed by atoms with Crippen LogP contribution in [-0.4, -0.2) is 32.9 Å². The monoisotopic (exact) mass is 517 g/mol. The molecule has 2 bridgehead atoms. The minimum absolute atomic E-state index is 0.0928. The molecule has 33 heavy (non-hydrogen) atoms. The highest BCUT2D eigenvalue weighted by Gasteiger charge is 2.48. The first-order valence-corrected chi connectivity index (χ1v) is 14.2. The number of unbranched alkanes of at least 4 members (excludes halogenated alkanes) is 2. The Morgan fingerprint density at radius 2 is 1.97 bits per heavy atom. The molecule has 0 radical (unpaired) electrons. The molecule has 2 aliphatic carbocycles. The van der Waals surface area contributed by atoms with Crippen molar-refractivity contribution in [2.45, 2.75) is 57.4 Å². The van der Waals surface area contributed by atoms with E-state index in [2.05, 4.69) is 12.1 Å². The van der Waals surface area contributed by atoms with Crippen molar-refractivity contribution in [3.8, 4) is 10.4 Å². The minimum atomic E-state index is 0.0928. The third-order valence-electron chi connectivity index (χ3n) is 7.19. The van der Waals surface area contributed by atoms with Crippen molar-refractivity contribution in [1.29, 1.82) is 0 Å². The lowest BCUT2D eigenvalue weighted by atomic mass is 9.94. The molecule has 2 saturated carbocycles. The van der Waals surface area contributed by atoms with Crippen LogP contribution in [0.25, 0.3) is 16.5 Å². The van der Waals surface area contributed by atoms with Crippen molar-refractivity contribution >= 4 is 63.2 Å². The van der Waals surface area contributed by atoms with E-state index >= 15 is 0 Å². The molecule has 3 fully saturated rings. The Morgan fingerprint density at radius 1 is 1.15 bits per heavy atom. The molecule has 1 saturated heterocycles. The zero-order valence-electron chi connectivity index (χ0n) is 18.5. The summed E-state index contributed by atoms with van der Waals surface area (Å²) in [5, 5.41) is 9.84. The van der Waals surface area contributed by atoms with Gasteiger partial charge in [-0.05, 0) is 85.8 Å². The number of hydrogen-bond acceptors (Lipinski definition) is 5. The van der Waals surface area contributed by atoms with Gasteiger partial charge in [-0.3, -0.25) is 9.69 Å². The van der Waals surface area contributed by atoms with E-state index in [9.17, 15) is 4.79 Å². The van der Waals surface area contributed by atoms with Gasteiger partial charge in [-0.25, -0.2) is 0 Å². The van der Waals surface area contributed by atoms with Gasteiger partial charge in [-0.15, -0.1) is 11.3 Å². The topological polar surface area (TPSA) is 40.5 Å². The number of carbonyl (C=O) groups is 1. The Kier molecular flexibility index (Phi) is 7.29. The zero-order valence-corrected chi connectivity index (χ0v) is 21.7. The van der Waals surface area contributed by atoms with E-state index in [0.717, 1.165) is 62.7 Å². The number of nitrogens with zero attached hydrogens (tertiary/aromatic N) is 1. The molecule has 2 heterocycles. The van der Waals surface area contributed by atoms with Gasteiger partial charge in [-0.2, -0.15) is 0 Å². The normalized spacial score (nSPS) is 25.7. The standard InChI is InChI=1S/C26H28ClNO2S3/c27-20-9-7-17(8-10-20)22-14-19(4-2-1-3-11-29)23(32-22)15-24-25(30)28(26(31)33-24)21-13-16-5-6-18(21)12-16/h7-10,14-16,18,21,29H,1-6,11-13H2. The van der Waals surface area contributed by atoms with Gasteiger partial charge in [0, 0.05) is 27.4 Å². The van der Waals surface area contributed by atoms with Crippen LogP contribution >= 0.6 is 46.9 Å². The summed E-state index contributed by atoms with van der Waals surface area (Å²) >= 11 is 15.0. The first-order chi connectivity index (χ1) is 16.0. The Balaban J connectivity index is 1.41. The van der Waals surface area contributed by atoms with E-state index in [-0.39, 0.29) is 12.5 Å². The smallest absolute Gasteiger partial charge is 0.266 e. The number of thioether (sulfide) groups is 1. The average molecular weight is 518 g/mol. The fraction of sp³-hybridized carbons (Fsp3) is 0.462. The number of aliphatic hydroxyl groups excluding tert-OH is 1. The largest absolute Gasteiger partial charge is 0.396 e. The summed E-state index contributed by atoms with van der Waals surface area (Å²) in [5.74, 6) is 1.49. The van der Waals surface area contributed by atoms with E-state index in [1.807, 2.05) is 29.2 Å². The molecular weight excluding hydrogens is 490 g/mol. The molecule has 3 atom stereocenters. The van der Waals surface area contributed by atoms with Gasteiger partial charge in [0.15, 0.2) is 0 Å². The quantitative estimate of drug-likeness (QED) is 0.229. The number of aliphatic hydroxyl groups is 1. The van der Waals surface area contributed by atoms with Crippen molar-refractivity contribution in [1.82, 2.24) is 4.90 Å². The lowest BCUT2D eigenvalue weighted by molar-refractivity contribution is -0.124. The van der Waals surface area contributed by atoms with E-state index in [4.69, 9.17) is 28.9 Å². The first-order valence-electron chi connectivity index (χ1n) is 11.8. The second-order valence-corrected chi connectivity index (χ2v) is 12.5. The van der Waals surface area contributed by atoms with Crippen molar-refractivity contribution in [2.75, 3.05) is 6.61 Å². The van der Waals surface area contributed by atoms with Gasteiger partial charge >= 0.3 is 0 Å². The van der Waals surface area contributed by atoms with E-state index in [0.29, 0.717) is 12.0 Å². The van der Waals surface area contributed by atoms with Crippen LogP contribution in [0.4, 0.5) is 0 Å². The number of thiophene rings is 1. The molecule has 0 spiro atoms. The van der Waals surface area contributed by atoms with Crippen LogP contribution in [0.3, 0.4) is 0 Å². The molecular formula is C26H28ClNO2S3. The summed E-state index contributed by atoms with van der Waals surface area (Å²) in [5.41, 5.74) is 2.39. The number of amides is 1. The maximum Gasteiger partial charge on any atom is 0.266 e. The van der Waals surface area contributed by atoms with Crippen molar-refractivity contribution < 1.29 is 9.90 Å². The molecule has 2 aromatic rings. The average Bonchev–Trinajstić information content (AvgIpc) is 3.57. The SMILES string of the molecule is O=C1C(=Cc2sc(-c3ccc(Cl)cc3)cc2CCCCCO)SC(=S)N1C1CC2CCC1C2. The summed E-state index contributed by atoms with van der Waals surface area (Å²) in [4.78, 5) is 18.4. The molecule has 174 valence electrons. The van der Waals surface area contributed by atoms with Crippen LogP contribution in [0.5, 0.6) is 0 Å². The zero-order chi connectivity index (χ0) is 22.9. The van der Waals surface area contributed by atoms with E-state index in [1.165, 1.54) is 41.5 Å². The highest BCUT2D eigenvalue weighted by Crippen LogP contribution is 2.49. The molecule has 5 rings (SSSR count). The van der Waals surface area contributed by atoms with Crippen LogP contribution in [-0.2, 0) is 11.2 Å². The van der Waals surface area contributed by atoms with Crippen molar-refractivity contribution in [3.63, 3.8) is 0 Å². The van der Waals surface area contributed by atoms with Crippen molar-refractivity contribution in [3.05, 3.63) is 50.7 Å². The van der Waals surface area contributed by atoms with E-state index < -0.39 is 0 Å². The van der Waals surface area contributed by atoms with Gasteiger partial charge in [0.05, 0.1) is 4.91 Å². The predicted octanol–water partition coefficient (Wildman–Crippen LogP) is 7.16. The molecule has 1 aromatic heterocycles. The van der Waals surface area contributed by atoms with Crippen LogP contribution < -0.4 is 0 Å².